The van der Waals surface area contributed by atoms with Gasteiger partial charge in [0.15, 0.2) is 12.4 Å². The van der Waals surface area contributed by atoms with E-state index in [2.05, 4.69) is 25.5 Å². The molecular weight excluding hydrogens is 408 g/mol. The third-order valence-electron chi connectivity index (χ3n) is 5.19. The molecule has 0 bridgehead atoms. The Hall–Kier alpha value is -3.98. The molecule has 0 spiro atoms. The lowest BCUT2D eigenvalue weighted by Crippen LogP contribution is -2.47. The molecule has 2 aromatic heterocycles. The van der Waals surface area contributed by atoms with E-state index in [9.17, 15) is 4.79 Å². The highest BCUT2D eigenvalue weighted by molar-refractivity contribution is 5.79. The molecule has 9 nitrogen and oxygen atoms in total. The molecule has 0 unspecified atom stereocenters. The third-order valence-corrected chi connectivity index (χ3v) is 5.19. The lowest BCUT2D eigenvalue weighted by atomic mass is 10.2. The Morgan fingerprint density at radius 2 is 1.97 bits per heavy atom. The standard InChI is InChI=1S/C23H22N6O3/c30-22(29-10-8-24-9-11-29)15-31-18-3-1-2-16(12-18)23-25-7-6-21(27-23)32-19-4-5-20-17(13-19)14-26-28-20/h1-7,12-14,24H,8-11,15H2,(H,26,28). The van der Waals surface area contributed by atoms with Gasteiger partial charge >= 0.3 is 0 Å². The topological polar surface area (TPSA) is 105 Å². The number of rotatable bonds is 6. The van der Waals surface area contributed by atoms with Gasteiger partial charge in [0.1, 0.15) is 11.5 Å². The number of carbonyl (C=O) groups is 1. The third kappa shape index (κ3) is 4.52. The second-order valence-corrected chi connectivity index (χ2v) is 7.39. The summed E-state index contributed by atoms with van der Waals surface area (Å²) in [5.74, 6) is 2.17. The summed E-state index contributed by atoms with van der Waals surface area (Å²) < 4.78 is 11.7. The van der Waals surface area contributed by atoms with E-state index in [-0.39, 0.29) is 12.5 Å². The van der Waals surface area contributed by atoms with Gasteiger partial charge in [0.2, 0.25) is 5.88 Å². The molecule has 4 aromatic rings. The van der Waals surface area contributed by atoms with Crippen molar-refractivity contribution in [3.8, 4) is 28.8 Å². The highest BCUT2D eigenvalue weighted by atomic mass is 16.5. The summed E-state index contributed by atoms with van der Waals surface area (Å²) in [6.45, 7) is 3.04. The number of nitrogens with zero attached hydrogens (tertiary/aromatic N) is 4. The van der Waals surface area contributed by atoms with Crippen LogP contribution in [0.25, 0.3) is 22.3 Å². The number of hydrogen-bond acceptors (Lipinski definition) is 7. The smallest absolute Gasteiger partial charge is 0.260 e. The molecule has 0 radical (unpaired) electrons. The quantitative estimate of drug-likeness (QED) is 0.484. The van der Waals surface area contributed by atoms with Crippen molar-refractivity contribution in [2.75, 3.05) is 32.8 Å². The van der Waals surface area contributed by atoms with Gasteiger partial charge in [-0.2, -0.15) is 10.1 Å². The van der Waals surface area contributed by atoms with Crippen LogP contribution in [-0.4, -0.2) is 63.8 Å². The molecule has 0 atom stereocenters. The van der Waals surface area contributed by atoms with Gasteiger partial charge in [0.25, 0.3) is 5.91 Å². The minimum atomic E-state index is -0.0156. The van der Waals surface area contributed by atoms with Crippen LogP contribution in [0.4, 0.5) is 0 Å². The first-order valence-electron chi connectivity index (χ1n) is 10.4. The number of H-pyrrole nitrogens is 1. The molecule has 0 aliphatic carbocycles. The predicted octanol–water partition coefficient (Wildman–Crippen LogP) is 2.62. The second-order valence-electron chi connectivity index (χ2n) is 7.39. The fraction of sp³-hybridized carbons (Fsp3) is 0.217. The summed E-state index contributed by atoms with van der Waals surface area (Å²) in [6, 6.07) is 14.7. The number of fused-ring (bicyclic) bond motifs is 1. The number of piperazine rings is 1. The van der Waals surface area contributed by atoms with Crippen molar-refractivity contribution in [3.63, 3.8) is 0 Å². The number of benzene rings is 2. The van der Waals surface area contributed by atoms with Crippen LogP contribution in [0.2, 0.25) is 0 Å². The zero-order valence-electron chi connectivity index (χ0n) is 17.3. The van der Waals surface area contributed by atoms with Crippen LogP contribution in [0.15, 0.2) is 60.9 Å². The SMILES string of the molecule is O=C(COc1cccc(-c2nccc(Oc3ccc4[nH]ncc4c3)n2)c1)N1CCNCC1. The predicted molar refractivity (Wildman–Crippen MR) is 119 cm³/mol. The fourth-order valence-corrected chi connectivity index (χ4v) is 3.52. The summed E-state index contributed by atoms with van der Waals surface area (Å²) in [5, 5.41) is 11.1. The Labute approximate surface area is 184 Å². The number of ether oxygens (including phenoxy) is 2. The lowest BCUT2D eigenvalue weighted by Gasteiger charge is -2.27. The first kappa shape index (κ1) is 20.0. The molecule has 9 heteroatoms. The molecule has 1 aliphatic heterocycles. The zero-order valence-corrected chi connectivity index (χ0v) is 17.3. The first-order chi connectivity index (χ1) is 15.7. The minimum absolute atomic E-state index is 0.00392. The number of carbonyl (C=O) groups excluding carboxylic acids is 1. The normalized spacial score (nSPS) is 13.8. The van der Waals surface area contributed by atoms with Crippen molar-refractivity contribution < 1.29 is 14.3 Å². The first-order valence-corrected chi connectivity index (χ1v) is 10.4. The molecule has 1 aliphatic rings. The van der Waals surface area contributed by atoms with Crippen LogP contribution in [0, 0.1) is 0 Å². The lowest BCUT2D eigenvalue weighted by molar-refractivity contribution is -0.133. The summed E-state index contributed by atoms with van der Waals surface area (Å²) in [7, 11) is 0. The van der Waals surface area contributed by atoms with Crippen LogP contribution in [0.5, 0.6) is 17.4 Å². The molecule has 3 heterocycles. The van der Waals surface area contributed by atoms with Gasteiger partial charge in [-0.25, -0.2) is 4.98 Å². The van der Waals surface area contributed by atoms with Gasteiger partial charge < -0.3 is 19.7 Å². The van der Waals surface area contributed by atoms with Gasteiger partial charge in [-0.1, -0.05) is 12.1 Å². The van der Waals surface area contributed by atoms with Gasteiger partial charge in [0.05, 0.1) is 11.7 Å². The van der Waals surface area contributed by atoms with E-state index < -0.39 is 0 Å². The van der Waals surface area contributed by atoms with E-state index in [1.54, 1.807) is 18.5 Å². The molecule has 1 amide bonds. The van der Waals surface area contributed by atoms with Crippen LogP contribution in [0.3, 0.4) is 0 Å². The average molecular weight is 430 g/mol. The average Bonchev–Trinajstić information content (AvgIpc) is 3.31. The highest BCUT2D eigenvalue weighted by Gasteiger charge is 2.16. The van der Waals surface area contributed by atoms with E-state index in [1.807, 2.05) is 47.4 Å². The van der Waals surface area contributed by atoms with Crippen molar-refractivity contribution in [2.45, 2.75) is 0 Å². The molecular formula is C23H22N6O3. The van der Waals surface area contributed by atoms with Crippen molar-refractivity contribution in [1.29, 1.82) is 0 Å². The number of aromatic nitrogens is 4. The summed E-state index contributed by atoms with van der Waals surface area (Å²) >= 11 is 0. The maximum atomic E-state index is 12.3. The monoisotopic (exact) mass is 430 g/mol. The molecule has 162 valence electrons. The van der Waals surface area contributed by atoms with Gasteiger partial charge in [-0.05, 0) is 30.3 Å². The van der Waals surface area contributed by atoms with E-state index in [4.69, 9.17) is 9.47 Å². The van der Waals surface area contributed by atoms with Crippen molar-refractivity contribution in [2.24, 2.45) is 0 Å². The fourth-order valence-electron chi connectivity index (χ4n) is 3.52. The summed E-state index contributed by atoms with van der Waals surface area (Å²) in [5.41, 5.74) is 1.71. The molecule has 1 saturated heterocycles. The highest BCUT2D eigenvalue weighted by Crippen LogP contribution is 2.26. The van der Waals surface area contributed by atoms with Crippen LogP contribution in [-0.2, 0) is 4.79 Å². The number of amides is 1. The molecule has 2 aromatic carbocycles. The van der Waals surface area contributed by atoms with Crippen LogP contribution in [0.1, 0.15) is 0 Å². The Morgan fingerprint density at radius 1 is 1.06 bits per heavy atom. The van der Waals surface area contributed by atoms with E-state index in [0.717, 1.165) is 29.6 Å². The maximum absolute atomic E-state index is 12.3. The van der Waals surface area contributed by atoms with Crippen LogP contribution >= 0.6 is 0 Å². The Morgan fingerprint density at radius 3 is 2.88 bits per heavy atom. The minimum Gasteiger partial charge on any atom is -0.484 e. The molecule has 2 N–H and O–H groups in total. The van der Waals surface area contributed by atoms with Gasteiger partial charge in [0, 0.05) is 49.4 Å². The molecule has 32 heavy (non-hydrogen) atoms. The summed E-state index contributed by atoms with van der Waals surface area (Å²) in [4.78, 5) is 23.0. The van der Waals surface area contributed by atoms with Gasteiger partial charge in [-0.15, -0.1) is 0 Å². The second kappa shape index (κ2) is 9.03. The molecule has 5 rings (SSSR count). The van der Waals surface area contributed by atoms with Crippen LogP contribution < -0.4 is 14.8 Å². The Bertz CT molecular complexity index is 1240. The Kier molecular flexibility index (Phi) is 5.63. The van der Waals surface area contributed by atoms with E-state index in [1.165, 1.54) is 0 Å². The summed E-state index contributed by atoms with van der Waals surface area (Å²) in [6.07, 6.45) is 3.39. The molecule has 0 saturated carbocycles. The largest absolute Gasteiger partial charge is 0.484 e. The number of aromatic amines is 1. The number of nitrogens with one attached hydrogen (secondary N) is 2. The van der Waals surface area contributed by atoms with Gasteiger partial charge in [-0.3, -0.25) is 9.89 Å². The zero-order chi connectivity index (χ0) is 21.8. The maximum Gasteiger partial charge on any atom is 0.260 e. The van der Waals surface area contributed by atoms with E-state index >= 15 is 0 Å². The number of hydrogen-bond donors (Lipinski definition) is 2. The van der Waals surface area contributed by atoms with Crippen molar-refractivity contribution >= 4 is 16.8 Å². The van der Waals surface area contributed by atoms with Crippen molar-refractivity contribution in [3.05, 3.63) is 60.9 Å². The molecule has 1 fully saturated rings. The van der Waals surface area contributed by atoms with E-state index in [0.29, 0.717) is 36.3 Å². The van der Waals surface area contributed by atoms with Crippen molar-refractivity contribution in [1.82, 2.24) is 30.4 Å². The Balaban J connectivity index is 1.27.